The van der Waals surface area contributed by atoms with E-state index < -0.39 is 28.7 Å². The molecule has 0 radical (unpaired) electrons. The van der Waals surface area contributed by atoms with E-state index in [0.717, 1.165) is 0 Å². The van der Waals surface area contributed by atoms with Crippen LogP contribution in [-0.4, -0.2) is 23.5 Å². The average molecular weight is 458 g/mol. The molecule has 5 nitrogen and oxygen atoms in total. The van der Waals surface area contributed by atoms with Crippen LogP contribution in [-0.2, 0) is 6.18 Å². The summed E-state index contributed by atoms with van der Waals surface area (Å²) in [6.45, 7) is 5.06. The highest BCUT2D eigenvalue weighted by atomic mass is 35.5. The molecule has 0 aliphatic heterocycles. The summed E-state index contributed by atoms with van der Waals surface area (Å²) in [7, 11) is 0. The van der Waals surface area contributed by atoms with Gasteiger partial charge < -0.3 is 14.3 Å². The van der Waals surface area contributed by atoms with Gasteiger partial charge in [0.05, 0.1) is 10.9 Å². The van der Waals surface area contributed by atoms with Gasteiger partial charge in [-0.05, 0) is 38.5 Å². The van der Waals surface area contributed by atoms with Gasteiger partial charge in [0.25, 0.3) is 0 Å². The molecule has 1 atom stereocenters. The van der Waals surface area contributed by atoms with E-state index in [4.69, 9.17) is 9.15 Å². The first-order chi connectivity index (χ1) is 14.0. The normalized spacial score (nSPS) is 13.7. The molecule has 3 rings (SSSR count). The molecule has 9 heteroatoms. The second kappa shape index (κ2) is 9.30. The van der Waals surface area contributed by atoms with Crippen molar-refractivity contribution >= 4 is 23.4 Å². The Morgan fingerprint density at radius 3 is 2.35 bits per heavy atom. The van der Waals surface area contributed by atoms with E-state index >= 15 is 0 Å². The van der Waals surface area contributed by atoms with E-state index in [2.05, 4.69) is 5.32 Å². The lowest BCUT2D eigenvalue weighted by Crippen LogP contribution is -2.50. The molecule has 1 unspecified atom stereocenters. The third-order valence-electron chi connectivity index (χ3n) is 4.30. The minimum Gasteiger partial charge on any atom is -0.489 e. The summed E-state index contributed by atoms with van der Waals surface area (Å²) in [5.41, 5.74) is -2.79. The van der Waals surface area contributed by atoms with Gasteiger partial charge in [0, 0.05) is 12.1 Å². The van der Waals surface area contributed by atoms with Crippen LogP contribution in [0.5, 0.6) is 5.75 Å². The molecule has 0 amide bonds. The van der Waals surface area contributed by atoms with Crippen molar-refractivity contribution in [2.75, 3.05) is 6.61 Å². The third-order valence-corrected chi connectivity index (χ3v) is 4.30. The fraction of sp³-hybridized carbons (Fsp3) is 0.318. The predicted molar refractivity (Wildman–Crippen MR) is 115 cm³/mol. The summed E-state index contributed by atoms with van der Waals surface area (Å²) in [5.74, 6) is -1.20. The van der Waals surface area contributed by atoms with Crippen molar-refractivity contribution in [3.63, 3.8) is 0 Å². The van der Waals surface area contributed by atoms with Gasteiger partial charge in [0.2, 0.25) is 11.2 Å². The van der Waals surface area contributed by atoms with Gasteiger partial charge in [-0.2, -0.15) is 13.2 Å². The maximum absolute atomic E-state index is 13.7. The first-order valence-electron chi connectivity index (χ1n) is 9.34. The van der Waals surface area contributed by atoms with E-state index in [9.17, 15) is 23.1 Å². The number of alkyl halides is 3. The third kappa shape index (κ3) is 5.78. The summed E-state index contributed by atoms with van der Waals surface area (Å²) < 4.78 is 51.6. The van der Waals surface area contributed by atoms with Crippen LogP contribution in [0.4, 0.5) is 13.2 Å². The fourth-order valence-electron chi connectivity index (χ4n) is 3.22. The smallest absolute Gasteiger partial charge is 0.450 e. The lowest BCUT2D eigenvalue weighted by Gasteiger charge is -2.27. The van der Waals surface area contributed by atoms with Crippen LogP contribution >= 0.6 is 12.4 Å². The zero-order valence-electron chi connectivity index (χ0n) is 17.1. The zero-order valence-corrected chi connectivity index (χ0v) is 17.9. The summed E-state index contributed by atoms with van der Waals surface area (Å²) in [6.07, 6.45) is -4.86. The number of rotatable bonds is 6. The molecule has 0 aliphatic rings. The Hall–Kier alpha value is -2.55. The molecule has 1 heterocycles. The predicted octanol–water partition coefficient (Wildman–Crippen LogP) is 4.99. The lowest BCUT2D eigenvalue weighted by atomic mass is 10.0. The van der Waals surface area contributed by atoms with Crippen molar-refractivity contribution in [1.29, 1.82) is 0 Å². The maximum Gasteiger partial charge on any atom is 0.450 e. The number of benzene rings is 2. The van der Waals surface area contributed by atoms with E-state index in [1.807, 2.05) is 13.8 Å². The number of hydrogen-bond acceptors (Lipinski definition) is 5. The van der Waals surface area contributed by atoms with Gasteiger partial charge in [-0.3, -0.25) is 10.1 Å². The monoisotopic (exact) mass is 457 g/mol. The van der Waals surface area contributed by atoms with Crippen molar-refractivity contribution in [3.05, 3.63) is 64.5 Å². The number of halogens is 4. The summed E-state index contributed by atoms with van der Waals surface area (Å²) >= 11 is 0. The maximum atomic E-state index is 13.7. The summed E-state index contributed by atoms with van der Waals surface area (Å²) in [5, 5.41) is 13.2. The first-order valence-corrected chi connectivity index (χ1v) is 9.34. The van der Waals surface area contributed by atoms with Crippen molar-refractivity contribution in [1.82, 2.24) is 5.32 Å². The van der Waals surface area contributed by atoms with Crippen molar-refractivity contribution in [2.45, 2.75) is 38.7 Å². The highest BCUT2D eigenvalue weighted by Crippen LogP contribution is 2.37. The van der Waals surface area contributed by atoms with Crippen LogP contribution in [0, 0.1) is 0 Å². The summed E-state index contributed by atoms with van der Waals surface area (Å²) in [4.78, 5) is 12.9. The minimum atomic E-state index is -4.86. The SMILES string of the molecule is CC(C)NC(C)(O)COc1ccc2c(=O)c(-c3ccccc3)c(C(F)(F)F)oc2c1.Cl. The highest BCUT2D eigenvalue weighted by molar-refractivity contribution is 5.85. The number of ether oxygens (including phenoxy) is 1. The molecule has 0 spiro atoms. The van der Waals surface area contributed by atoms with Crippen LogP contribution in [0.2, 0.25) is 0 Å². The number of aliphatic hydroxyl groups is 1. The number of nitrogens with one attached hydrogen (secondary N) is 1. The average Bonchev–Trinajstić information content (AvgIpc) is 2.65. The Kier molecular flexibility index (Phi) is 7.41. The van der Waals surface area contributed by atoms with E-state index in [1.165, 1.54) is 37.3 Å². The topological polar surface area (TPSA) is 71.7 Å². The largest absolute Gasteiger partial charge is 0.489 e. The molecule has 0 saturated heterocycles. The lowest BCUT2D eigenvalue weighted by molar-refractivity contribution is -0.152. The molecule has 0 aliphatic carbocycles. The number of fused-ring (bicyclic) bond motifs is 1. The molecule has 2 N–H and O–H groups in total. The Bertz CT molecular complexity index is 1100. The zero-order chi connectivity index (χ0) is 22.1. The van der Waals surface area contributed by atoms with Gasteiger partial charge in [0.1, 0.15) is 23.7 Å². The molecular weight excluding hydrogens is 435 g/mol. The van der Waals surface area contributed by atoms with Gasteiger partial charge in [-0.25, -0.2) is 0 Å². The molecular formula is C22H23ClF3NO4. The van der Waals surface area contributed by atoms with E-state index in [0.29, 0.717) is 0 Å². The van der Waals surface area contributed by atoms with Crippen LogP contribution in [0.25, 0.3) is 22.1 Å². The quantitative estimate of drug-likeness (QED) is 0.510. The van der Waals surface area contributed by atoms with E-state index in [1.54, 1.807) is 18.2 Å². The van der Waals surface area contributed by atoms with Crippen molar-refractivity contribution < 1.29 is 27.4 Å². The Morgan fingerprint density at radius 2 is 1.77 bits per heavy atom. The molecule has 1 aromatic heterocycles. The molecule has 2 aromatic carbocycles. The molecule has 0 bridgehead atoms. The minimum absolute atomic E-state index is 0. The molecule has 31 heavy (non-hydrogen) atoms. The van der Waals surface area contributed by atoms with Crippen LogP contribution in [0.1, 0.15) is 26.5 Å². The Morgan fingerprint density at radius 1 is 1.13 bits per heavy atom. The molecule has 168 valence electrons. The van der Waals surface area contributed by atoms with Crippen molar-refractivity contribution in [2.24, 2.45) is 0 Å². The summed E-state index contributed by atoms with van der Waals surface area (Å²) in [6, 6.07) is 11.6. The van der Waals surface area contributed by atoms with Crippen LogP contribution in [0.3, 0.4) is 0 Å². The van der Waals surface area contributed by atoms with E-state index in [-0.39, 0.29) is 47.3 Å². The van der Waals surface area contributed by atoms with Gasteiger partial charge in [0.15, 0.2) is 0 Å². The Balaban J connectivity index is 0.00000341. The van der Waals surface area contributed by atoms with Gasteiger partial charge in [-0.15, -0.1) is 12.4 Å². The molecule has 0 saturated carbocycles. The molecule has 0 fully saturated rings. The second-order valence-corrected chi connectivity index (χ2v) is 7.52. The van der Waals surface area contributed by atoms with Gasteiger partial charge >= 0.3 is 6.18 Å². The molecule has 3 aromatic rings. The fourth-order valence-corrected chi connectivity index (χ4v) is 3.22. The van der Waals surface area contributed by atoms with Crippen LogP contribution < -0.4 is 15.5 Å². The van der Waals surface area contributed by atoms with Gasteiger partial charge in [-0.1, -0.05) is 30.3 Å². The second-order valence-electron chi connectivity index (χ2n) is 7.52. The standard InChI is InChI=1S/C22H22F3NO4.ClH/c1-13(2)26-21(3,28)12-29-15-9-10-16-17(11-15)30-20(22(23,24)25)18(19(16)27)14-7-5-4-6-8-14;/h4-11,13,26,28H,12H2,1-3H3;1H. The Labute approximate surface area is 183 Å². The highest BCUT2D eigenvalue weighted by Gasteiger charge is 2.39. The van der Waals surface area contributed by atoms with Crippen molar-refractivity contribution in [3.8, 4) is 16.9 Å². The number of hydrogen-bond donors (Lipinski definition) is 2. The first kappa shape index (κ1) is 24.7. The van der Waals surface area contributed by atoms with Crippen LogP contribution in [0.15, 0.2) is 57.7 Å².